The van der Waals surface area contributed by atoms with Crippen molar-refractivity contribution in [2.24, 2.45) is 11.8 Å². The Bertz CT molecular complexity index is 1100. The molecule has 3 amide bonds. The Morgan fingerprint density at radius 2 is 1.84 bits per heavy atom. The Balaban J connectivity index is 1.53. The number of imide groups is 1. The van der Waals surface area contributed by atoms with Crippen molar-refractivity contribution >= 4 is 46.8 Å². The molecule has 0 radical (unpaired) electrons. The number of anilines is 1. The Kier molecular flexibility index (Phi) is 5.51. The lowest BCUT2D eigenvalue weighted by Gasteiger charge is -2.29. The summed E-state index contributed by atoms with van der Waals surface area (Å²) in [5.41, 5.74) is 0.969. The number of carbonyl (C=O) groups excluding carboxylic acids is 3. The number of benzene rings is 2. The molecule has 5 rings (SSSR count). The molecule has 0 aliphatic carbocycles. The zero-order chi connectivity index (χ0) is 22.5. The Labute approximate surface area is 196 Å². The number of nitrogens with one attached hydrogen (secondary N) is 2. The minimum absolute atomic E-state index is 0.185. The van der Waals surface area contributed by atoms with E-state index in [0.29, 0.717) is 35.7 Å². The van der Waals surface area contributed by atoms with E-state index in [1.165, 1.54) is 4.90 Å². The molecule has 2 aromatic carbocycles. The second-order valence-electron chi connectivity index (χ2n) is 8.52. The number of halogens is 1. The molecule has 32 heavy (non-hydrogen) atoms. The van der Waals surface area contributed by atoms with Crippen molar-refractivity contribution in [1.29, 1.82) is 0 Å². The van der Waals surface area contributed by atoms with Gasteiger partial charge in [0.25, 0.3) is 0 Å². The van der Waals surface area contributed by atoms with E-state index in [-0.39, 0.29) is 23.8 Å². The van der Waals surface area contributed by atoms with Gasteiger partial charge >= 0.3 is 0 Å². The molecule has 1 spiro atoms. The van der Waals surface area contributed by atoms with Crippen molar-refractivity contribution in [3.8, 4) is 0 Å². The van der Waals surface area contributed by atoms with Gasteiger partial charge in [-0.2, -0.15) is 11.8 Å². The second kappa shape index (κ2) is 8.21. The van der Waals surface area contributed by atoms with E-state index in [1.54, 1.807) is 23.9 Å². The molecule has 166 valence electrons. The summed E-state index contributed by atoms with van der Waals surface area (Å²) in [6.45, 7) is 0.310. The van der Waals surface area contributed by atoms with Gasteiger partial charge in [-0.15, -0.1) is 0 Å². The molecule has 3 aliphatic rings. The van der Waals surface area contributed by atoms with Crippen LogP contribution in [0, 0.1) is 11.8 Å². The highest BCUT2D eigenvalue weighted by atomic mass is 35.5. The van der Waals surface area contributed by atoms with Crippen LogP contribution in [0.15, 0.2) is 48.5 Å². The molecule has 0 aromatic heterocycles. The van der Waals surface area contributed by atoms with Crippen molar-refractivity contribution < 1.29 is 14.4 Å². The zero-order valence-electron chi connectivity index (χ0n) is 17.6. The van der Waals surface area contributed by atoms with E-state index < -0.39 is 17.4 Å². The van der Waals surface area contributed by atoms with Crippen LogP contribution >= 0.6 is 23.4 Å². The van der Waals surface area contributed by atoms with Crippen molar-refractivity contribution in [1.82, 2.24) is 10.2 Å². The van der Waals surface area contributed by atoms with Crippen LogP contribution in [-0.2, 0) is 26.3 Å². The van der Waals surface area contributed by atoms with Gasteiger partial charge in [0.1, 0.15) is 5.54 Å². The lowest BCUT2D eigenvalue weighted by molar-refractivity contribution is -0.142. The number of para-hydroxylation sites is 1. The van der Waals surface area contributed by atoms with Crippen LogP contribution in [0.2, 0.25) is 5.02 Å². The van der Waals surface area contributed by atoms with E-state index in [2.05, 4.69) is 10.6 Å². The SMILES string of the molecule is CSCCC1NC2(C(=O)Nc3c(Cl)cccc32)C2C(=O)N(CCc3ccccc3)C(=O)C12. The molecular weight excluding hydrogens is 446 g/mol. The lowest BCUT2D eigenvalue weighted by Crippen LogP contribution is -2.53. The third-order valence-corrected chi connectivity index (χ3v) is 7.85. The molecule has 2 fully saturated rings. The fourth-order valence-corrected chi connectivity index (χ4v) is 6.16. The van der Waals surface area contributed by atoms with Gasteiger partial charge in [0, 0.05) is 18.2 Å². The summed E-state index contributed by atoms with van der Waals surface area (Å²) in [6, 6.07) is 14.8. The van der Waals surface area contributed by atoms with Gasteiger partial charge in [-0.1, -0.05) is 54.1 Å². The van der Waals surface area contributed by atoms with Crippen LogP contribution in [0.3, 0.4) is 0 Å². The molecular formula is C24H24ClN3O3S. The Hall–Kier alpha value is -2.35. The molecule has 0 saturated carbocycles. The van der Waals surface area contributed by atoms with Gasteiger partial charge in [-0.05, 0) is 36.5 Å². The molecule has 4 unspecified atom stereocenters. The minimum atomic E-state index is -1.28. The number of carbonyl (C=O) groups is 3. The average Bonchev–Trinajstić information content (AvgIpc) is 3.38. The molecule has 0 bridgehead atoms. The maximum absolute atomic E-state index is 13.7. The zero-order valence-corrected chi connectivity index (χ0v) is 19.2. The smallest absolute Gasteiger partial charge is 0.250 e. The monoisotopic (exact) mass is 469 g/mol. The summed E-state index contributed by atoms with van der Waals surface area (Å²) in [5, 5.41) is 6.74. The number of thioether (sulfide) groups is 1. The number of rotatable bonds is 6. The number of likely N-dealkylation sites (tertiary alicyclic amines) is 1. The standard InChI is InChI=1S/C24H24ClN3O3S/c1-32-13-11-17-18-19(22(30)28(21(18)29)12-10-14-6-3-2-4-7-14)24(27-17)15-8-5-9-16(25)20(15)26-23(24)31/h2-9,17-19,27H,10-13H2,1H3,(H,26,31). The minimum Gasteiger partial charge on any atom is -0.323 e. The molecule has 3 aliphatic heterocycles. The van der Waals surface area contributed by atoms with Crippen LogP contribution < -0.4 is 10.6 Å². The summed E-state index contributed by atoms with van der Waals surface area (Å²) in [4.78, 5) is 42.0. The molecule has 2 N–H and O–H groups in total. The molecule has 2 aromatic rings. The predicted octanol–water partition coefficient (Wildman–Crippen LogP) is 3.06. The highest BCUT2D eigenvalue weighted by molar-refractivity contribution is 7.98. The lowest BCUT2D eigenvalue weighted by atomic mass is 9.76. The van der Waals surface area contributed by atoms with Crippen LogP contribution in [0.1, 0.15) is 17.5 Å². The summed E-state index contributed by atoms with van der Waals surface area (Å²) < 4.78 is 0. The van der Waals surface area contributed by atoms with Gasteiger partial charge in [0.05, 0.1) is 22.5 Å². The fourth-order valence-electron chi connectivity index (χ4n) is 5.45. The maximum atomic E-state index is 13.7. The number of nitrogens with zero attached hydrogens (tertiary/aromatic N) is 1. The second-order valence-corrected chi connectivity index (χ2v) is 9.92. The maximum Gasteiger partial charge on any atom is 0.250 e. The first kappa shape index (κ1) is 21.5. The van der Waals surface area contributed by atoms with Gasteiger partial charge in [0.15, 0.2) is 0 Å². The Morgan fingerprint density at radius 1 is 1.06 bits per heavy atom. The highest BCUT2D eigenvalue weighted by Crippen LogP contribution is 2.54. The van der Waals surface area contributed by atoms with Crippen LogP contribution in [0.4, 0.5) is 5.69 Å². The Morgan fingerprint density at radius 3 is 2.59 bits per heavy atom. The summed E-state index contributed by atoms with van der Waals surface area (Å²) in [7, 11) is 0. The molecule has 2 saturated heterocycles. The van der Waals surface area contributed by atoms with E-state index in [9.17, 15) is 14.4 Å². The first-order valence-corrected chi connectivity index (χ1v) is 12.5. The quantitative estimate of drug-likeness (QED) is 0.636. The summed E-state index contributed by atoms with van der Waals surface area (Å²) in [5.74, 6) is -1.30. The first-order valence-electron chi connectivity index (χ1n) is 10.7. The van der Waals surface area contributed by atoms with Crippen LogP contribution in [-0.4, -0.2) is 47.2 Å². The largest absolute Gasteiger partial charge is 0.323 e. The fraction of sp³-hybridized carbons (Fsp3) is 0.375. The van der Waals surface area contributed by atoms with E-state index in [0.717, 1.165) is 11.3 Å². The van der Waals surface area contributed by atoms with Crippen molar-refractivity contribution in [2.75, 3.05) is 23.9 Å². The molecule has 3 heterocycles. The molecule has 4 atom stereocenters. The first-order chi connectivity index (χ1) is 15.5. The van der Waals surface area contributed by atoms with Crippen LogP contribution in [0.25, 0.3) is 0 Å². The van der Waals surface area contributed by atoms with Crippen molar-refractivity contribution in [3.05, 3.63) is 64.7 Å². The van der Waals surface area contributed by atoms with Gasteiger partial charge in [0.2, 0.25) is 17.7 Å². The topological polar surface area (TPSA) is 78.5 Å². The van der Waals surface area contributed by atoms with Gasteiger partial charge in [-0.3, -0.25) is 24.6 Å². The number of fused-ring (bicyclic) bond motifs is 4. The third-order valence-electron chi connectivity index (χ3n) is 6.89. The van der Waals surface area contributed by atoms with Crippen molar-refractivity contribution in [3.63, 3.8) is 0 Å². The van der Waals surface area contributed by atoms with E-state index in [1.807, 2.05) is 42.7 Å². The predicted molar refractivity (Wildman–Crippen MR) is 126 cm³/mol. The summed E-state index contributed by atoms with van der Waals surface area (Å²) >= 11 is 8.04. The molecule has 6 nitrogen and oxygen atoms in total. The number of hydrogen-bond donors (Lipinski definition) is 2. The van der Waals surface area contributed by atoms with Gasteiger partial charge in [-0.25, -0.2) is 0 Å². The normalized spacial score (nSPS) is 28.4. The summed E-state index contributed by atoms with van der Waals surface area (Å²) in [6.07, 6.45) is 3.29. The number of amides is 3. The van der Waals surface area contributed by atoms with Crippen molar-refractivity contribution in [2.45, 2.75) is 24.4 Å². The van der Waals surface area contributed by atoms with Crippen LogP contribution in [0.5, 0.6) is 0 Å². The highest BCUT2D eigenvalue weighted by Gasteiger charge is 2.70. The number of hydrogen-bond acceptors (Lipinski definition) is 5. The van der Waals surface area contributed by atoms with E-state index >= 15 is 0 Å². The third kappa shape index (κ3) is 3.10. The van der Waals surface area contributed by atoms with E-state index in [4.69, 9.17) is 11.6 Å². The molecule has 8 heteroatoms. The average molecular weight is 470 g/mol. The van der Waals surface area contributed by atoms with Gasteiger partial charge < -0.3 is 5.32 Å².